The van der Waals surface area contributed by atoms with Crippen LogP contribution in [0.15, 0.2) is 51.9 Å². The van der Waals surface area contributed by atoms with Gasteiger partial charge in [-0.05, 0) is 48.6 Å². The third kappa shape index (κ3) is 6.87. The van der Waals surface area contributed by atoms with E-state index in [2.05, 4.69) is 11.7 Å². The third-order valence-corrected chi connectivity index (χ3v) is 5.18. The monoisotopic (exact) mass is 452 g/mol. The number of phenolic OH excluding ortho intramolecular Hbond substituents is 1. The lowest BCUT2D eigenvalue weighted by Crippen LogP contribution is -2.10. The highest BCUT2D eigenvalue weighted by atomic mass is 16.5. The van der Waals surface area contributed by atoms with Gasteiger partial charge in [-0.1, -0.05) is 38.1 Å². The van der Waals surface area contributed by atoms with Crippen LogP contribution in [0.25, 0.3) is 22.1 Å². The molecule has 1 unspecified atom stereocenters. The Hall–Kier alpha value is -3.74. The minimum absolute atomic E-state index is 0.0805. The van der Waals surface area contributed by atoms with Gasteiger partial charge in [0.25, 0.3) is 0 Å². The van der Waals surface area contributed by atoms with Gasteiger partial charge in [-0.2, -0.15) is 0 Å². The van der Waals surface area contributed by atoms with Gasteiger partial charge in [-0.3, -0.25) is 19.2 Å². The number of aryl methyl sites for hydroxylation is 1. The summed E-state index contributed by atoms with van der Waals surface area (Å²) in [6.07, 6.45) is 3.38. The van der Waals surface area contributed by atoms with Crippen LogP contribution in [-0.2, 0) is 32.0 Å². The molecule has 33 heavy (non-hydrogen) atoms. The van der Waals surface area contributed by atoms with Crippen molar-refractivity contribution in [3.8, 4) is 16.9 Å². The van der Waals surface area contributed by atoms with E-state index in [4.69, 9.17) is 4.42 Å². The van der Waals surface area contributed by atoms with Crippen molar-refractivity contribution in [2.24, 2.45) is 5.92 Å². The summed E-state index contributed by atoms with van der Waals surface area (Å²) in [6, 6.07) is 11.0. The molecule has 7 nitrogen and oxygen atoms in total. The zero-order valence-electron chi connectivity index (χ0n) is 19.2. The predicted octanol–water partition coefficient (Wildman–Crippen LogP) is 4.24. The van der Waals surface area contributed by atoms with Gasteiger partial charge in [-0.25, -0.2) is 0 Å². The van der Waals surface area contributed by atoms with E-state index in [1.165, 1.54) is 18.8 Å². The number of fused-ring (bicyclic) bond motifs is 1. The Labute approximate surface area is 192 Å². The predicted molar refractivity (Wildman–Crippen MR) is 125 cm³/mol. The zero-order valence-corrected chi connectivity index (χ0v) is 19.2. The minimum Gasteiger partial charge on any atom is -0.507 e. The van der Waals surface area contributed by atoms with Gasteiger partial charge >= 0.3 is 5.97 Å². The molecular formula is C26H28O7. The van der Waals surface area contributed by atoms with E-state index in [1.807, 2.05) is 31.2 Å². The molecule has 0 saturated carbocycles. The first-order valence-electron chi connectivity index (χ1n) is 10.6. The molecule has 3 rings (SSSR count). The Morgan fingerprint density at radius 2 is 1.79 bits per heavy atom. The summed E-state index contributed by atoms with van der Waals surface area (Å²) in [5.74, 6) is -0.618. The molecular weight excluding hydrogens is 424 g/mol. The number of benzene rings is 2. The first kappa shape index (κ1) is 25.5. The minimum atomic E-state index is -0.424. The van der Waals surface area contributed by atoms with Crippen LogP contribution < -0.4 is 5.43 Å². The van der Waals surface area contributed by atoms with E-state index in [0.29, 0.717) is 23.9 Å². The molecule has 0 spiro atoms. The van der Waals surface area contributed by atoms with Crippen LogP contribution >= 0.6 is 0 Å². The van der Waals surface area contributed by atoms with Gasteiger partial charge in [0, 0.05) is 12.8 Å². The van der Waals surface area contributed by atoms with Gasteiger partial charge in [0.15, 0.2) is 6.29 Å². The van der Waals surface area contributed by atoms with Crippen molar-refractivity contribution in [1.29, 1.82) is 0 Å². The molecule has 7 heteroatoms. The molecule has 1 N–H and O–H groups in total. The van der Waals surface area contributed by atoms with Crippen molar-refractivity contribution in [2.45, 2.75) is 40.5 Å². The lowest BCUT2D eigenvalue weighted by Gasteiger charge is -2.10. The summed E-state index contributed by atoms with van der Waals surface area (Å²) < 4.78 is 9.84. The molecule has 1 atom stereocenters. The summed E-state index contributed by atoms with van der Waals surface area (Å²) in [5, 5.41) is 10.6. The van der Waals surface area contributed by atoms with Crippen LogP contribution in [0.3, 0.4) is 0 Å². The molecule has 0 bridgehead atoms. The molecule has 1 heterocycles. The number of carbonyl (C=O) groups is 3. The number of aldehydes is 1. The van der Waals surface area contributed by atoms with Crippen LogP contribution in [0.5, 0.6) is 5.75 Å². The number of ketones is 1. The van der Waals surface area contributed by atoms with E-state index >= 15 is 0 Å². The van der Waals surface area contributed by atoms with Crippen molar-refractivity contribution in [2.75, 3.05) is 6.61 Å². The molecule has 0 aliphatic carbocycles. The largest absolute Gasteiger partial charge is 0.507 e. The van der Waals surface area contributed by atoms with E-state index in [0.717, 1.165) is 17.5 Å². The first-order valence-corrected chi connectivity index (χ1v) is 10.6. The van der Waals surface area contributed by atoms with Gasteiger partial charge in [-0.15, -0.1) is 0 Å². The maximum atomic E-state index is 12.9. The number of carbonyl (C=O) groups excluding carboxylic acids is 3. The van der Waals surface area contributed by atoms with Crippen LogP contribution in [0, 0.1) is 5.92 Å². The maximum Gasteiger partial charge on any atom is 0.303 e. The highest BCUT2D eigenvalue weighted by Crippen LogP contribution is 2.28. The number of esters is 1. The number of ether oxygens (including phenoxy) is 1. The molecule has 1 aromatic heterocycles. The topological polar surface area (TPSA) is 111 Å². The molecule has 0 amide bonds. The zero-order chi connectivity index (χ0) is 24.5. The first-order chi connectivity index (χ1) is 15.7. The molecule has 2 aromatic carbocycles. The number of hydrogen-bond acceptors (Lipinski definition) is 7. The summed E-state index contributed by atoms with van der Waals surface area (Å²) in [6.45, 7) is 6.57. The molecule has 0 fully saturated rings. The third-order valence-electron chi connectivity index (χ3n) is 5.18. The van der Waals surface area contributed by atoms with Crippen molar-refractivity contribution < 1.29 is 28.6 Å². The highest BCUT2D eigenvalue weighted by molar-refractivity contribution is 5.87. The fourth-order valence-corrected chi connectivity index (χ4v) is 3.17. The average Bonchev–Trinajstić information content (AvgIpc) is 2.78. The quantitative estimate of drug-likeness (QED) is 0.421. The van der Waals surface area contributed by atoms with Crippen molar-refractivity contribution >= 4 is 29.0 Å². The number of phenols is 1. The Morgan fingerprint density at radius 3 is 2.30 bits per heavy atom. The number of aromatic hydroxyl groups is 1. The molecule has 0 radical (unpaired) electrons. The maximum absolute atomic E-state index is 12.9. The van der Waals surface area contributed by atoms with E-state index < -0.39 is 5.97 Å². The average molecular weight is 453 g/mol. The van der Waals surface area contributed by atoms with Crippen LogP contribution in [0.4, 0.5) is 0 Å². The van der Waals surface area contributed by atoms with Crippen molar-refractivity contribution in [3.05, 3.63) is 64.0 Å². The van der Waals surface area contributed by atoms with Crippen LogP contribution in [-0.4, -0.2) is 29.8 Å². The van der Waals surface area contributed by atoms with Crippen LogP contribution in [0.2, 0.25) is 0 Å². The molecule has 3 aromatic rings. The fourth-order valence-electron chi connectivity index (χ4n) is 3.17. The lowest BCUT2D eigenvalue weighted by atomic mass is 9.96. The molecule has 0 saturated heterocycles. The standard InChI is InChI=1S/C22H22O4.C4H6O3/c1-4-15-5-7-17(8-6-15)18-12-26-20-11-16(9-13(2)14(3)23)10-19(24)21(20)22(18)25;1-4(6)7-3-2-5/h5-8,10-13,24H,4,9H2,1-3H3;2H,3H2,1H3. The Morgan fingerprint density at radius 1 is 1.12 bits per heavy atom. The Kier molecular flexibility index (Phi) is 9.09. The normalized spacial score (nSPS) is 11.3. The second-order valence-electron chi connectivity index (χ2n) is 7.70. The summed E-state index contributed by atoms with van der Waals surface area (Å²) in [5.41, 5.74) is 3.19. The summed E-state index contributed by atoms with van der Waals surface area (Å²) in [4.78, 5) is 43.6. The van der Waals surface area contributed by atoms with Crippen LogP contribution in [0.1, 0.15) is 38.8 Å². The molecule has 0 aliphatic heterocycles. The number of rotatable bonds is 7. The lowest BCUT2D eigenvalue weighted by molar-refractivity contribution is -0.143. The Bertz CT molecular complexity index is 1190. The smallest absolute Gasteiger partial charge is 0.303 e. The molecule has 174 valence electrons. The highest BCUT2D eigenvalue weighted by Gasteiger charge is 2.16. The fraction of sp³-hybridized carbons (Fsp3) is 0.308. The Balaban J connectivity index is 0.000000479. The van der Waals surface area contributed by atoms with E-state index in [1.54, 1.807) is 19.1 Å². The summed E-state index contributed by atoms with van der Waals surface area (Å²) >= 11 is 0. The van der Waals surface area contributed by atoms with Crippen molar-refractivity contribution in [3.63, 3.8) is 0 Å². The van der Waals surface area contributed by atoms with Gasteiger partial charge in [0.1, 0.15) is 35.4 Å². The van der Waals surface area contributed by atoms with Gasteiger partial charge < -0.3 is 14.3 Å². The SMILES string of the molecule is CC(=O)OCC=O.CCc1ccc(-c2coc3cc(CC(C)C(C)=O)cc(O)c3c2=O)cc1. The van der Waals surface area contributed by atoms with Crippen molar-refractivity contribution in [1.82, 2.24) is 0 Å². The molecule has 0 aliphatic rings. The second-order valence-corrected chi connectivity index (χ2v) is 7.70. The summed E-state index contributed by atoms with van der Waals surface area (Å²) in [7, 11) is 0. The number of hydrogen-bond donors (Lipinski definition) is 1. The second kappa shape index (κ2) is 11.8. The van der Waals surface area contributed by atoms with Gasteiger partial charge in [0.05, 0.1) is 5.56 Å². The van der Waals surface area contributed by atoms with E-state index in [9.17, 15) is 24.3 Å². The number of Topliss-reactive ketones (excluding diaryl/α,β-unsaturated/α-hetero) is 1. The van der Waals surface area contributed by atoms with Gasteiger partial charge in [0.2, 0.25) is 5.43 Å². The van der Waals surface area contributed by atoms with E-state index in [-0.39, 0.29) is 34.9 Å².